The third-order valence-corrected chi connectivity index (χ3v) is 16.5. The summed E-state index contributed by atoms with van der Waals surface area (Å²) >= 11 is 0. The fraction of sp³-hybridized carbons (Fsp3) is 0. The highest BCUT2D eigenvalue weighted by Gasteiger charge is 2.25. The first-order chi connectivity index (χ1) is 40.1. The number of fused-ring (bicyclic) bond motifs is 13. The molecule has 0 unspecified atom stereocenters. The van der Waals surface area contributed by atoms with Gasteiger partial charge in [0.1, 0.15) is 11.2 Å². The van der Waals surface area contributed by atoms with E-state index in [9.17, 15) is 0 Å². The molecule has 0 saturated carbocycles. The molecule has 0 spiro atoms. The summed E-state index contributed by atoms with van der Waals surface area (Å²) in [5.74, 6) is 1.70. The molecule has 0 fully saturated rings. The van der Waals surface area contributed by atoms with Crippen LogP contribution in [0.1, 0.15) is 0 Å². The molecule has 4 aromatic heterocycles. The number of nitrogens with zero attached hydrogens (tertiary/aromatic N) is 5. The first-order valence-electron chi connectivity index (χ1n) is 27.5. The predicted molar refractivity (Wildman–Crippen MR) is 335 cm³/mol. The van der Waals surface area contributed by atoms with E-state index in [1.54, 1.807) is 0 Å². The lowest BCUT2D eigenvalue weighted by Gasteiger charge is -2.21. The Labute approximate surface area is 464 Å². The number of benzene rings is 13. The van der Waals surface area contributed by atoms with E-state index < -0.39 is 0 Å². The van der Waals surface area contributed by atoms with E-state index in [-0.39, 0.29) is 0 Å². The minimum atomic E-state index is 0.563. The summed E-state index contributed by atoms with van der Waals surface area (Å²) in [6, 6.07) is 97.9. The number of rotatable bonds is 7. The third kappa shape index (κ3) is 7.10. The molecule has 6 nitrogen and oxygen atoms in total. The summed E-state index contributed by atoms with van der Waals surface area (Å²) in [6.45, 7) is 0. The van der Waals surface area contributed by atoms with Gasteiger partial charge in [0.25, 0.3) is 0 Å². The molecule has 0 amide bonds. The minimum Gasteiger partial charge on any atom is -0.456 e. The van der Waals surface area contributed by atoms with Crippen LogP contribution < -0.4 is 0 Å². The fourth-order valence-electron chi connectivity index (χ4n) is 12.8. The van der Waals surface area contributed by atoms with E-state index >= 15 is 0 Å². The minimum absolute atomic E-state index is 0.563. The normalized spacial score (nSPS) is 12.0. The molecule has 4 heterocycles. The molecular weight excluding hydrogens is 987 g/mol. The summed E-state index contributed by atoms with van der Waals surface area (Å²) in [5, 5.41) is 13.6. The molecule has 0 atom stereocenters. The second-order valence-corrected chi connectivity index (χ2v) is 21.1. The molecule has 0 saturated heterocycles. The second-order valence-electron chi connectivity index (χ2n) is 21.1. The maximum atomic E-state index is 6.37. The Morgan fingerprint density at radius 1 is 0.259 bits per heavy atom. The van der Waals surface area contributed by atoms with E-state index in [4.69, 9.17) is 19.4 Å². The van der Waals surface area contributed by atoms with Crippen LogP contribution in [0, 0.1) is 0 Å². The molecule has 17 rings (SSSR count). The number of hydrogen-bond acceptors (Lipinski definition) is 4. The Kier molecular flexibility index (Phi) is 9.91. The molecule has 6 heteroatoms. The van der Waals surface area contributed by atoms with Crippen LogP contribution in [0.2, 0.25) is 0 Å². The summed E-state index contributed by atoms with van der Waals surface area (Å²) < 4.78 is 11.2. The Hall–Kier alpha value is -11.0. The van der Waals surface area contributed by atoms with Gasteiger partial charge in [0.15, 0.2) is 17.5 Å². The van der Waals surface area contributed by atoms with Crippen molar-refractivity contribution in [3.05, 3.63) is 273 Å². The Balaban J connectivity index is 0.990. The van der Waals surface area contributed by atoms with E-state index in [0.717, 1.165) is 116 Å². The fourth-order valence-corrected chi connectivity index (χ4v) is 12.8. The highest BCUT2D eigenvalue weighted by molar-refractivity contribution is 6.24. The van der Waals surface area contributed by atoms with Crippen molar-refractivity contribution in [2.75, 3.05) is 0 Å². The van der Waals surface area contributed by atoms with Crippen LogP contribution in [-0.4, -0.2) is 24.1 Å². The van der Waals surface area contributed by atoms with Crippen molar-refractivity contribution >= 4 is 97.9 Å². The highest BCUT2D eigenvalue weighted by atomic mass is 16.3. The maximum Gasteiger partial charge on any atom is 0.164 e. The maximum absolute atomic E-state index is 6.37. The number of furan rings is 1. The van der Waals surface area contributed by atoms with Crippen LogP contribution in [0.15, 0.2) is 277 Å². The first-order valence-corrected chi connectivity index (χ1v) is 27.5. The van der Waals surface area contributed by atoms with Crippen LogP contribution in [0.5, 0.6) is 0 Å². The largest absolute Gasteiger partial charge is 0.456 e. The van der Waals surface area contributed by atoms with Gasteiger partial charge in [0.05, 0.1) is 27.8 Å². The van der Waals surface area contributed by atoms with E-state index in [0.29, 0.717) is 17.5 Å². The quantitative estimate of drug-likeness (QED) is 0.160. The van der Waals surface area contributed by atoms with E-state index in [1.165, 1.54) is 32.3 Å². The molecule has 0 N–H and O–H groups in total. The zero-order valence-corrected chi connectivity index (χ0v) is 43.6. The Bertz CT molecular complexity index is 5410. The average molecular weight is 1030 g/mol. The van der Waals surface area contributed by atoms with Crippen LogP contribution in [-0.2, 0) is 0 Å². The van der Waals surface area contributed by atoms with Crippen molar-refractivity contribution in [1.29, 1.82) is 0 Å². The Morgan fingerprint density at radius 2 is 0.827 bits per heavy atom. The van der Waals surface area contributed by atoms with Crippen molar-refractivity contribution in [1.82, 2.24) is 24.1 Å². The van der Waals surface area contributed by atoms with Crippen molar-refractivity contribution < 1.29 is 4.42 Å². The lowest BCUT2D eigenvalue weighted by molar-refractivity contribution is 0.669. The molecule has 0 aliphatic rings. The van der Waals surface area contributed by atoms with Gasteiger partial charge in [-0.15, -0.1) is 0 Å². The van der Waals surface area contributed by atoms with E-state index in [2.05, 4.69) is 264 Å². The molecule has 0 radical (unpaired) electrons. The molecule has 0 aliphatic heterocycles. The Morgan fingerprint density at radius 3 is 1.62 bits per heavy atom. The van der Waals surface area contributed by atoms with Crippen LogP contribution >= 0.6 is 0 Å². The summed E-state index contributed by atoms with van der Waals surface area (Å²) in [7, 11) is 0. The standard InChI is InChI=1S/C75H45N5O/c1-4-18-46(19-5-1)51-32-36-58-60(40-51)63(45-59(47-20-6-2-7-21-47)72(58)80-67-38-33-48-22-12-13-27-55(48)71(67)64-41-49-23-10-11-24-50(49)44-68(64)80)75-77-73(76-74(78-75)53-35-39-70-62(43-53)57-29-15-17-31-69(57)81-70)52-34-37-66-61(42-52)56-28-14-16-30-65(56)79(66)54-25-8-3-9-26-54/h1-45H. The zero-order valence-electron chi connectivity index (χ0n) is 43.6. The summed E-state index contributed by atoms with van der Waals surface area (Å²) in [5.41, 5.74) is 15.3. The van der Waals surface area contributed by atoms with Gasteiger partial charge in [0.2, 0.25) is 0 Å². The molecule has 0 bridgehead atoms. The molecule has 376 valence electrons. The van der Waals surface area contributed by atoms with Gasteiger partial charge < -0.3 is 13.6 Å². The average Bonchev–Trinajstić information content (AvgIpc) is 4.25. The predicted octanol–water partition coefficient (Wildman–Crippen LogP) is 19.8. The number of hydrogen-bond donors (Lipinski definition) is 0. The molecule has 17 aromatic rings. The van der Waals surface area contributed by atoms with Crippen LogP contribution in [0.3, 0.4) is 0 Å². The van der Waals surface area contributed by atoms with Crippen molar-refractivity contribution in [2.45, 2.75) is 0 Å². The molecule has 0 aliphatic carbocycles. The zero-order chi connectivity index (χ0) is 53.1. The summed E-state index contributed by atoms with van der Waals surface area (Å²) in [6.07, 6.45) is 0. The summed E-state index contributed by atoms with van der Waals surface area (Å²) in [4.78, 5) is 16.7. The number of aromatic nitrogens is 5. The SMILES string of the molecule is c1ccc(-c2ccc3c(-n4c5cc6ccccc6cc5c5c6ccccc6ccc54)c(-c4ccccc4)cc(-c4nc(-c5ccc6oc7ccccc7c6c5)nc(-c5ccc6c(c5)c5ccccc5n6-c5ccccc5)n4)c3c2)cc1. The van der Waals surface area contributed by atoms with Gasteiger partial charge in [-0.1, -0.05) is 182 Å². The van der Waals surface area contributed by atoms with Crippen molar-refractivity contribution in [2.24, 2.45) is 0 Å². The van der Waals surface area contributed by atoms with Gasteiger partial charge in [-0.05, 0) is 135 Å². The van der Waals surface area contributed by atoms with Crippen molar-refractivity contribution in [3.63, 3.8) is 0 Å². The van der Waals surface area contributed by atoms with Gasteiger partial charge >= 0.3 is 0 Å². The van der Waals surface area contributed by atoms with Gasteiger partial charge in [-0.2, -0.15) is 0 Å². The lowest BCUT2D eigenvalue weighted by Crippen LogP contribution is -2.04. The van der Waals surface area contributed by atoms with Gasteiger partial charge in [-0.25, -0.2) is 15.0 Å². The third-order valence-electron chi connectivity index (χ3n) is 16.5. The molecule has 13 aromatic carbocycles. The molecular formula is C75H45N5O. The highest BCUT2D eigenvalue weighted by Crippen LogP contribution is 2.47. The topological polar surface area (TPSA) is 61.7 Å². The van der Waals surface area contributed by atoms with Crippen LogP contribution in [0.4, 0.5) is 0 Å². The molecule has 81 heavy (non-hydrogen) atoms. The second kappa shape index (κ2) is 17.8. The lowest BCUT2D eigenvalue weighted by atomic mass is 9.91. The van der Waals surface area contributed by atoms with E-state index in [1.807, 2.05) is 18.2 Å². The van der Waals surface area contributed by atoms with Gasteiger partial charge in [0, 0.05) is 65.6 Å². The number of para-hydroxylation sites is 3. The smallest absolute Gasteiger partial charge is 0.164 e. The van der Waals surface area contributed by atoms with Gasteiger partial charge in [-0.3, -0.25) is 0 Å². The van der Waals surface area contributed by atoms with Crippen LogP contribution in [0.25, 0.3) is 166 Å². The first kappa shape index (κ1) is 45.1. The monoisotopic (exact) mass is 1030 g/mol. The van der Waals surface area contributed by atoms with Crippen molar-refractivity contribution in [3.8, 4) is 67.8 Å².